The molecule has 0 aliphatic carbocycles. The van der Waals surface area contributed by atoms with Gasteiger partial charge in [0.1, 0.15) is 11.4 Å². The zero-order chi connectivity index (χ0) is 22.0. The number of aromatic nitrogens is 4. The predicted molar refractivity (Wildman–Crippen MR) is 122 cm³/mol. The Morgan fingerprint density at radius 2 is 2.00 bits per heavy atom. The number of anilines is 1. The number of rotatable bonds is 7. The van der Waals surface area contributed by atoms with E-state index in [0.717, 1.165) is 22.5 Å². The fourth-order valence-electron chi connectivity index (χ4n) is 3.31. The van der Waals surface area contributed by atoms with Gasteiger partial charge >= 0.3 is 0 Å². The highest BCUT2D eigenvalue weighted by atomic mass is 32.2. The van der Waals surface area contributed by atoms with Gasteiger partial charge in [-0.25, -0.2) is 9.67 Å². The Morgan fingerprint density at radius 3 is 2.74 bits per heavy atom. The summed E-state index contributed by atoms with van der Waals surface area (Å²) >= 11 is 1.28. The summed E-state index contributed by atoms with van der Waals surface area (Å²) in [6.07, 6.45) is 0. The van der Waals surface area contributed by atoms with Crippen LogP contribution in [0.4, 0.5) is 5.69 Å². The van der Waals surface area contributed by atoms with Gasteiger partial charge in [-0.15, -0.1) is 0 Å². The van der Waals surface area contributed by atoms with Gasteiger partial charge in [0.15, 0.2) is 5.16 Å². The Bertz CT molecular complexity index is 1290. The van der Waals surface area contributed by atoms with Gasteiger partial charge in [0.2, 0.25) is 5.91 Å². The highest BCUT2D eigenvalue weighted by Crippen LogP contribution is 2.23. The molecular weight excluding hydrogens is 414 g/mol. The Hall–Kier alpha value is -3.46. The van der Waals surface area contributed by atoms with E-state index in [2.05, 4.69) is 15.3 Å². The number of nitrogens with zero attached hydrogens (tertiary/aromatic N) is 3. The third-order valence-corrected chi connectivity index (χ3v) is 5.77. The second-order valence-electron chi connectivity index (χ2n) is 6.93. The van der Waals surface area contributed by atoms with Crippen molar-refractivity contribution in [2.45, 2.75) is 19.0 Å². The number of hydrogen-bond acceptors (Lipinski definition) is 5. The lowest BCUT2D eigenvalue weighted by atomic mass is 10.3. The standard InChI is InChI=1S/C22H23N5O3S/c1-4-30-16-10-11-17-18(12-16)24-22(23-17)31-13-19(28)25-20-14(2)26(3)27(21(20)29)15-8-6-5-7-9-15/h5-12H,4,13H2,1-3H3,(H,23,24)(H,25,28). The van der Waals surface area contributed by atoms with E-state index >= 15 is 0 Å². The van der Waals surface area contributed by atoms with Crippen LogP contribution in [0.2, 0.25) is 0 Å². The van der Waals surface area contributed by atoms with Gasteiger partial charge in [-0.1, -0.05) is 30.0 Å². The predicted octanol–water partition coefficient (Wildman–Crippen LogP) is 3.49. The maximum atomic E-state index is 12.9. The van der Waals surface area contributed by atoms with Gasteiger partial charge in [0, 0.05) is 13.1 Å². The SMILES string of the molecule is CCOc1ccc2nc(SCC(=O)Nc3c(C)n(C)n(-c4ccccc4)c3=O)[nH]c2c1. The Morgan fingerprint density at radius 1 is 1.23 bits per heavy atom. The van der Waals surface area contributed by atoms with Crippen LogP contribution < -0.4 is 15.6 Å². The lowest BCUT2D eigenvalue weighted by molar-refractivity contribution is -0.113. The first-order valence-corrected chi connectivity index (χ1v) is 10.9. The monoisotopic (exact) mass is 437 g/mol. The van der Waals surface area contributed by atoms with E-state index in [9.17, 15) is 9.59 Å². The number of carbonyl (C=O) groups excluding carboxylic acids is 1. The first-order chi connectivity index (χ1) is 15.0. The number of benzene rings is 2. The number of para-hydroxylation sites is 1. The van der Waals surface area contributed by atoms with Crippen molar-refractivity contribution in [2.75, 3.05) is 17.7 Å². The Labute approximate surface area is 183 Å². The van der Waals surface area contributed by atoms with E-state index < -0.39 is 0 Å². The van der Waals surface area contributed by atoms with Crippen LogP contribution in [0.25, 0.3) is 16.7 Å². The summed E-state index contributed by atoms with van der Waals surface area (Å²) in [5.41, 5.74) is 3.08. The summed E-state index contributed by atoms with van der Waals surface area (Å²) in [5, 5.41) is 3.39. The number of nitrogens with one attached hydrogen (secondary N) is 2. The normalized spacial score (nSPS) is 11.1. The third kappa shape index (κ3) is 4.22. The summed E-state index contributed by atoms with van der Waals surface area (Å²) in [6, 6.07) is 14.9. The zero-order valence-corrected chi connectivity index (χ0v) is 18.3. The molecular formula is C22H23N5O3S. The van der Waals surface area contributed by atoms with E-state index in [-0.39, 0.29) is 22.9 Å². The van der Waals surface area contributed by atoms with Crippen LogP contribution in [0.5, 0.6) is 5.75 Å². The van der Waals surface area contributed by atoms with Gasteiger partial charge in [0.05, 0.1) is 34.8 Å². The van der Waals surface area contributed by atoms with E-state index in [4.69, 9.17) is 4.74 Å². The van der Waals surface area contributed by atoms with Crippen molar-refractivity contribution in [3.05, 3.63) is 64.6 Å². The number of carbonyl (C=O) groups is 1. The molecule has 2 aromatic carbocycles. The number of thioether (sulfide) groups is 1. The quantitative estimate of drug-likeness (QED) is 0.432. The molecule has 0 aliphatic heterocycles. The first-order valence-electron chi connectivity index (χ1n) is 9.87. The van der Waals surface area contributed by atoms with Gasteiger partial charge < -0.3 is 15.0 Å². The minimum atomic E-state index is -0.272. The van der Waals surface area contributed by atoms with E-state index in [0.29, 0.717) is 17.5 Å². The van der Waals surface area contributed by atoms with E-state index in [1.807, 2.05) is 55.5 Å². The summed E-state index contributed by atoms with van der Waals surface area (Å²) in [6.45, 7) is 4.32. The molecule has 0 spiro atoms. The highest BCUT2D eigenvalue weighted by Gasteiger charge is 2.18. The molecule has 9 heteroatoms. The fraction of sp³-hybridized carbons (Fsp3) is 0.227. The minimum Gasteiger partial charge on any atom is -0.494 e. The van der Waals surface area contributed by atoms with Crippen LogP contribution in [0, 0.1) is 6.92 Å². The van der Waals surface area contributed by atoms with Crippen LogP contribution in [0.1, 0.15) is 12.6 Å². The molecule has 0 fully saturated rings. The molecule has 1 amide bonds. The number of imidazole rings is 1. The second-order valence-corrected chi connectivity index (χ2v) is 7.89. The molecule has 0 atom stereocenters. The van der Waals surface area contributed by atoms with Crippen LogP contribution in [-0.2, 0) is 11.8 Å². The molecule has 0 radical (unpaired) electrons. The number of aromatic amines is 1. The average Bonchev–Trinajstić information content (AvgIpc) is 3.27. The molecule has 160 valence electrons. The largest absolute Gasteiger partial charge is 0.494 e. The Balaban J connectivity index is 1.47. The van der Waals surface area contributed by atoms with Gasteiger partial charge in [0.25, 0.3) is 5.56 Å². The number of fused-ring (bicyclic) bond motifs is 1. The second kappa shape index (κ2) is 8.73. The summed E-state index contributed by atoms with van der Waals surface area (Å²) in [7, 11) is 1.79. The van der Waals surface area contributed by atoms with Crippen molar-refractivity contribution in [1.82, 2.24) is 19.3 Å². The highest BCUT2D eigenvalue weighted by molar-refractivity contribution is 7.99. The molecule has 4 aromatic rings. The van der Waals surface area contributed by atoms with Crippen molar-refractivity contribution >= 4 is 34.4 Å². The van der Waals surface area contributed by atoms with Crippen LogP contribution in [0.3, 0.4) is 0 Å². The van der Waals surface area contributed by atoms with E-state index in [1.54, 1.807) is 18.7 Å². The molecule has 8 nitrogen and oxygen atoms in total. The molecule has 2 aromatic heterocycles. The molecule has 0 saturated carbocycles. The summed E-state index contributed by atoms with van der Waals surface area (Å²) in [4.78, 5) is 33.1. The number of amides is 1. The summed E-state index contributed by atoms with van der Waals surface area (Å²) < 4.78 is 8.77. The van der Waals surface area contributed by atoms with Crippen molar-refractivity contribution in [1.29, 1.82) is 0 Å². The molecule has 2 heterocycles. The van der Waals surface area contributed by atoms with Crippen LogP contribution in [-0.4, -0.2) is 37.6 Å². The maximum absolute atomic E-state index is 12.9. The van der Waals surface area contributed by atoms with Gasteiger partial charge in [-0.05, 0) is 38.1 Å². The molecule has 0 bridgehead atoms. The first kappa shape index (κ1) is 20.8. The van der Waals surface area contributed by atoms with Crippen molar-refractivity contribution in [3.8, 4) is 11.4 Å². The third-order valence-electron chi connectivity index (χ3n) is 4.90. The van der Waals surface area contributed by atoms with Gasteiger partial charge in [-0.3, -0.25) is 14.3 Å². The smallest absolute Gasteiger partial charge is 0.295 e. The number of H-pyrrole nitrogens is 1. The van der Waals surface area contributed by atoms with Crippen molar-refractivity contribution in [3.63, 3.8) is 0 Å². The lowest BCUT2D eigenvalue weighted by Crippen LogP contribution is -2.23. The average molecular weight is 438 g/mol. The van der Waals surface area contributed by atoms with Crippen molar-refractivity contribution in [2.24, 2.45) is 7.05 Å². The van der Waals surface area contributed by atoms with E-state index in [1.165, 1.54) is 16.4 Å². The molecule has 0 saturated heterocycles. The minimum absolute atomic E-state index is 0.122. The topological polar surface area (TPSA) is 93.9 Å². The van der Waals surface area contributed by atoms with Crippen LogP contribution >= 0.6 is 11.8 Å². The fourth-order valence-corrected chi connectivity index (χ4v) is 4.00. The molecule has 0 aliphatic rings. The summed E-state index contributed by atoms with van der Waals surface area (Å²) in [5.74, 6) is 0.616. The zero-order valence-electron chi connectivity index (χ0n) is 17.5. The van der Waals surface area contributed by atoms with Gasteiger partial charge in [-0.2, -0.15) is 0 Å². The molecule has 2 N–H and O–H groups in total. The molecule has 31 heavy (non-hydrogen) atoms. The molecule has 0 unspecified atom stereocenters. The van der Waals surface area contributed by atoms with Crippen LogP contribution in [0.15, 0.2) is 58.5 Å². The maximum Gasteiger partial charge on any atom is 0.295 e. The Kier molecular flexibility index (Phi) is 5.85. The lowest BCUT2D eigenvalue weighted by Gasteiger charge is -2.07. The molecule has 4 rings (SSSR count). The van der Waals surface area contributed by atoms with Crippen molar-refractivity contribution < 1.29 is 9.53 Å². The number of hydrogen-bond donors (Lipinski definition) is 2. The number of ether oxygens (including phenoxy) is 1.